The van der Waals surface area contributed by atoms with Crippen molar-refractivity contribution in [1.29, 1.82) is 0 Å². The van der Waals surface area contributed by atoms with E-state index in [0.29, 0.717) is 10.2 Å². The summed E-state index contributed by atoms with van der Waals surface area (Å²) in [4.78, 5) is 4.24. The van der Waals surface area contributed by atoms with E-state index in [1.54, 1.807) is 6.20 Å². The molecule has 1 N–H and O–H groups in total. The van der Waals surface area contributed by atoms with E-state index >= 15 is 0 Å². The fraction of sp³-hybridized carbons (Fsp3) is 0.643. The smallest absolute Gasteiger partial charge is 0.147 e. The van der Waals surface area contributed by atoms with Gasteiger partial charge in [0.1, 0.15) is 21.8 Å². The number of hydrogen-bond acceptors (Lipinski definition) is 3. The molecule has 0 bridgehead atoms. The summed E-state index contributed by atoms with van der Waals surface area (Å²) in [7, 11) is 0. The second-order valence-electron chi connectivity index (χ2n) is 6.38. The van der Waals surface area contributed by atoms with E-state index in [1.807, 2.05) is 27.7 Å². The maximum absolute atomic E-state index is 14.3. The molecule has 3 nitrogen and oxygen atoms in total. The van der Waals surface area contributed by atoms with Crippen molar-refractivity contribution in [3.8, 4) is 0 Å². The summed E-state index contributed by atoms with van der Waals surface area (Å²) < 4.78 is 30.0. The Morgan fingerprint density at radius 3 is 2.60 bits per heavy atom. The second kappa shape index (κ2) is 5.55. The Labute approximate surface area is 131 Å². The van der Waals surface area contributed by atoms with E-state index < -0.39 is 21.6 Å². The molecule has 0 aromatic carbocycles. The second-order valence-corrected chi connectivity index (χ2v) is 9.26. The summed E-state index contributed by atoms with van der Waals surface area (Å²) in [5, 5.41) is 0. The number of nitrogens with zero attached hydrogens (tertiary/aromatic N) is 1. The van der Waals surface area contributed by atoms with Crippen LogP contribution in [0.1, 0.15) is 46.2 Å². The van der Waals surface area contributed by atoms with Crippen LogP contribution in [-0.4, -0.2) is 14.3 Å². The van der Waals surface area contributed by atoms with Crippen LogP contribution in [0.25, 0.3) is 0 Å². The van der Waals surface area contributed by atoms with Gasteiger partial charge in [-0.2, -0.15) is 0 Å². The van der Waals surface area contributed by atoms with Gasteiger partial charge in [0.2, 0.25) is 0 Å². The quantitative estimate of drug-likeness (QED) is 0.834. The van der Waals surface area contributed by atoms with Gasteiger partial charge in [-0.1, -0.05) is 6.92 Å². The van der Waals surface area contributed by atoms with Gasteiger partial charge in [0, 0.05) is 22.0 Å². The van der Waals surface area contributed by atoms with Crippen LogP contribution in [0.2, 0.25) is 0 Å². The Morgan fingerprint density at radius 2 is 2.20 bits per heavy atom. The number of hydrogen-bond donors (Lipinski definition) is 1. The third-order valence-electron chi connectivity index (χ3n) is 3.87. The molecule has 0 saturated heterocycles. The average Bonchev–Trinajstić information content (AvgIpc) is 2.33. The molecule has 0 spiro atoms. The van der Waals surface area contributed by atoms with Crippen molar-refractivity contribution < 1.29 is 8.94 Å². The molecule has 1 aliphatic carbocycles. The fourth-order valence-corrected chi connectivity index (χ4v) is 3.68. The van der Waals surface area contributed by atoms with Crippen LogP contribution < -0.4 is 4.72 Å². The maximum atomic E-state index is 14.3. The van der Waals surface area contributed by atoms with Crippen molar-refractivity contribution in [3.63, 3.8) is 0 Å². The molecule has 0 aliphatic heterocycles. The first-order valence-corrected chi connectivity index (χ1v) is 8.62. The first-order chi connectivity index (χ1) is 9.17. The number of rotatable bonds is 3. The van der Waals surface area contributed by atoms with Gasteiger partial charge >= 0.3 is 0 Å². The summed E-state index contributed by atoms with van der Waals surface area (Å²) in [5.74, 6) is -0.152. The first kappa shape index (κ1) is 16.2. The minimum absolute atomic E-state index is 0.206. The lowest BCUT2D eigenvalue weighted by Gasteiger charge is -2.48. The topological polar surface area (TPSA) is 48.0 Å². The van der Waals surface area contributed by atoms with Crippen LogP contribution in [0.3, 0.4) is 0 Å². The highest BCUT2D eigenvalue weighted by Crippen LogP contribution is 2.47. The summed E-state index contributed by atoms with van der Waals surface area (Å²) >= 11 is 1.96. The zero-order valence-corrected chi connectivity index (χ0v) is 14.6. The summed E-state index contributed by atoms with van der Waals surface area (Å²) in [6.07, 6.45) is 3.32. The van der Waals surface area contributed by atoms with Gasteiger partial charge in [-0.05, 0) is 61.5 Å². The molecule has 1 heterocycles. The Hall–Kier alpha value is -0.170. The largest absolute Gasteiger partial charge is 0.598 e. The van der Waals surface area contributed by atoms with Crippen molar-refractivity contribution in [2.75, 3.05) is 0 Å². The number of aromatic nitrogens is 1. The molecular weight excluding hydrogens is 343 g/mol. The van der Waals surface area contributed by atoms with Crippen LogP contribution in [0, 0.1) is 11.7 Å². The highest BCUT2D eigenvalue weighted by atomic mass is 79.9. The summed E-state index contributed by atoms with van der Waals surface area (Å²) in [6, 6.07) is 1.41. The van der Waals surface area contributed by atoms with Gasteiger partial charge in [0.05, 0.1) is 0 Å². The molecule has 1 fully saturated rings. The van der Waals surface area contributed by atoms with Crippen LogP contribution in [-0.2, 0) is 16.9 Å². The molecule has 1 saturated carbocycles. The lowest BCUT2D eigenvalue weighted by atomic mass is 9.66. The molecule has 112 valence electrons. The molecule has 0 amide bonds. The standard InChI is InChI=1S/C14H20BrFN2OS/c1-9-5-6-14(9,18-20(19)13(2,3)4)12-11(16)7-10(15)8-17-12/h7-9,18H,5-6H2,1-4H3/t9-,14+,20?/m1/s1. The van der Waals surface area contributed by atoms with E-state index in [9.17, 15) is 8.94 Å². The highest BCUT2D eigenvalue weighted by Gasteiger charge is 2.52. The Bertz CT molecular complexity index is 508. The Morgan fingerprint density at radius 1 is 1.55 bits per heavy atom. The Balaban J connectivity index is 2.36. The average molecular weight is 363 g/mol. The molecule has 6 heteroatoms. The van der Waals surface area contributed by atoms with Crippen LogP contribution in [0.5, 0.6) is 0 Å². The van der Waals surface area contributed by atoms with Gasteiger partial charge in [0.25, 0.3) is 0 Å². The predicted molar refractivity (Wildman–Crippen MR) is 83.0 cm³/mol. The molecule has 2 rings (SSSR count). The van der Waals surface area contributed by atoms with E-state index in [1.165, 1.54) is 6.07 Å². The molecule has 20 heavy (non-hydrogen) atoms. The molecule has 0 radical (unpaired) electrons. The molecule has 3 atom stereocenters. The van der Waals surface area contributed by atoms with Gasteiger partial charge in [-0.25, -0.2) is 4.39 Å². The van der Waals surface area contributed by atoms with Crippen molar-refractivity contribution in [2.24, 2.45) is 5.92 Å². The number of halogens is 2. The van der Waals surface area contributed by atoms with Crippen molar-refractivity contribution in [3.05, 3.63) is 28.2 Å². The monoisotopic (exact) mass is 362 g/mol. The molecule has 1 aromatic rings. The molecular formula is C14H20BrFN2OS. The van der Waals surface area contributed by atoms with Gasteiger partial charge in [0.15, 0.2) is 0 Å². The summed E-state index contributed by atoms with van der Waals surface area (Å²) in [6.45, 7) is 7.75. The minimum atomic E-state index is -1.26. The van der Waals surface area contributed by atoms with Crippen LogP contribution in [0.4, 0.5) is 4.39 Å². The Kier molecular flexibility index (Phi) is 4.50. The molecule has 1 aromatic heterocycles. The van der Waals surface area contributed by atoms with Crippen molar-refractivity contribution in [1.82, 2.24) is 9.71 Å². The van der Waals surface area contributed by atoms with E-state index in [0.717, 1.165) is 12.8 Å². The van der Waals surface area contributed by atoms with Crippen molar-refractivity contribution >= 4 is 27.3 Å². The van der Waals surface area contributed by atoms with E-state index in [-0.39, 0.29) is 11.7 Å². The summed E-state index contributed by atoms with van der Waals surface area (Å²) in [5.41, 5.74) is -0.250. The normalized spacial score (nSPS) is 28.1. The number of nitrogens with one attached hydrogen (secondary N) is 1. The maximum Gasteiger partial charge on any atom is 0.147 e. The van der Waals surface area contributed by atoms with E-state index in [4.69, 9.17) is 0 Å². The SMILES string of the molecule is C[C@@H]1CC[C@@]1(N[S+]([O-])C(C)(C)C)c1ncc(Br)cc1F. The first-order valence-electron chi connectivity index (χ1n) is 6.68. The molecule has 1 unspecified atom stereocenters. The van der Waals surface area contributed by atoms with Crippen LogP contribution >= 0.6 is 15.9 Å². The van der Waals surface area contributed by atoms with Crippen molar-refractivity contribution in [2.45, 2.75) is 50.8 Å². The fourth-order valence-electron chi connectivity index (χ4n) is 2.33. The van der Waals surface area contributed by atoms with E-state index in [2.05, 4.69) is 25.6 Å². The zero-order valence-electron chi connectivity index (χ0n) is 12.2. The zero-order chi connectivity index (χ0) is 15.1. The lowest BCUT2D eigenvalue weighted by Crippen LogP contribution is -2.60. The minimum Gasteiger partial charge on any atom is -0.598 e. The highest BCUT2D eigenvalue weighted by molar-refractivity contribution is 9.10. The third-order valence-corrected chi connectivity index (χ3v) is 5.97. The van der Waals surface area contributed by atoms with Crippen LogP contribution in [0.15, 0.2) is 16.7 Å². The third kappa shape index (κ3) is 2.89. The molecule has 1 aliphatic rings. The van der Waals surface area contributed by atoms with Gasteiger partial charge in [-0.15, -0.1) is 4.72 Å². The van der Waals surface area contributed by atoms with Gasteiger partial charge < -0.3 is 4.55 Å². The van der Waals surface area contributed by atoms with Gasteiger partial charge in [-0.3, -0.25) is 4.98 Å². The number of pyridine rings is 1. The lowest BCUT2D eigenvalue weighted by molar-refractivity contribution is 0.112. The predicted octanol–water partition coefficient (Wildman–Crippen LogP) is 3.66.